The largest absolute Gasteiger partial charge is 0.496 e. The van der Waals surface area contributed by atoms with Gasteiger partial charge in [-0.1, -0.05) is 18.2 Å². The van der Waals surface area contributed by atoms with E-state index in [2.05, 4.69) is 0 Å². The zero-order chi connectivity index (χ0) is 16.0. The van der Waals surface area contributed by atoms with Crippen LogP contribution in [0.5, 0.6) is 5.75 Å². The van der Waals surface area contributed by atoms with E-state index in [9.17, 15) is 14.7 Å². The van der Waals surface area contributed by atoms with Crippen molar-refractivity contribution >= 4 is 12.1 Å². The lowest BCUT2D eigenvalue weighted by Crippen LogP contribution is -2.35. The summed E-state index contributed by atoms with van der Waals surface area (Å²) in [6.45, 7) is 5.05. The second-order valence-corrected chi connectivity index (χ2v) is 5.18. The molecule has 0 aliphatic carbocycles. The molecule has 0 aliphatic heterocycles. The maximum atomic E-state index is 11.5. The average Bonchev–Trinajstić information content (AvgIpc) is 2.37. The van der Waals surface area contributed by atoms with E-state index in [0.29, 0.717) is 5.75 Å². The molecule has 0 aromatic heterocycles. The van der Waals surface area contributed by atoms with Gasteiger partial charge >= 0.3 is 12.1 Å². The third-order valence-electron chi connectivity index (χ3n) is 2.30. The first-order valence-electron chi connectivity index (χ1n) is 6.25. The van der Waals surface area contributed by atoms with Gasteiger partial charge in [0.1, 0.15) is 11.4 Å². The molecule has 0 radical (unpaired) electrons. The van der Waals surface area contributed by atoms with E-state index >= 15 is 0 Å². The SMILES string of the molecule is COc1ccccc1C(ONC(=O)OC(C)(C)C)C(=O)O. The third kappa shape index (κ3) is 5.31. The van der Waals surface area contributed by atoms with Gasteiger partial charge in [0.15, 0.2) is 0 Å². The van der Waals surface area contributed by atoms with Crippen LogP contribution in [0.1, 0.15) is 32.4 Å². The van der Waals surface area contributed by atoms with Crippen LogP contribution in [0.3, 0.4) is 0 Å². The van der Waals surface area contributed by atoms with Gasteiger partial charge in [-0.05, 0) is 26.8 Å². The van der Waals surface area contributed by atoms with E-state index in [0.717, 1.165) is 0 Å². The molecule has 1 aromatic carbocycles. The summed E-state index contributed by atoms with van der Waals surface area (Å²) in [4.78, 5) is 27.7. The number of benzene rings is 1. The fourth-order valence-electron chi connectivity index (χ4n) is 1.54. The Balaban J connectivity index is 2.80. The zero-order valence-electron chi connectivity index (χ0n) is 12.4. The van der Waals surface area contributed by atoms with Crippen molar-refractivity contribution in [2.75, 3.05) is 7.11 Å². The molecule has 0 heterocycles. The van der Waals surface area contributed by atoms with E-state index < -0.39 is 23.8 Å². The van der Waals surface area contributed by atoms with Gasteiger partial charge in [-0.3, -0.25) is 4.84 Å². The molecular formula is C14H19NO6. The predicted octanol–water partition coefficient (Wildman–Crippen LogP) is 2.28. The number of carbonyl (C=O) groups excluding carboxylic acids is 1. The van der Waals surface area contributed by atoms with Crippen LogP contribution in [-0.4, -0.2) is 29.9 Å². The van der Waals surface area contributed by atoms with Crippen LogP contribution >= 0.6 is 0 Å². The summed E-state index contributed by atoms with van der Waals surface area (Å²) in [7, 11) is 1.42. The molecule has 2 N–H and O–H groups in total. The number of hydrogen-bond acceptors (Lipinski definition) is 5. The molecular weight excluding hydrogens is 278 g/mol. The lowest BCUT2D eigenvalue weighted by Gasteiger charge is -2.21. The maximum Gasteiger partial charge on any atom is 0.431 e. The number of rotatable bonds is 5. The van der Waals surface area contributed by atoms with Gasteiger partial charge in [0.25, 0.3) is 0 Å². The molecule has 1 unspecified atom stereocenters. The first-order valence-corrected chi connectivity index (χ1v) is 6.25. The number of carboxylic acid groups (broad SMARTS) is 1. The molecule has 7 nitrogen and oxygen atoms in total. The number of para-hydroxylation sites is 1. The number of carboxylic acids is 1. The smallest absolute Gasteiger partial charge is 0.431 e. The topological polar surface area (TPSA) is 94.1 Å². The minimum absolute atomic E-state index is 0.281. The fourth-order valence-corrected chi connectivity index (χ4v) is 1.54. The molecule has 21 heavy (non-hydrogen) atoms. The van der Waals surface area contributed by atoms with Gasteiger partial charge in [-0.15, -0.1) is 0 Å². The molecule has 0 aliphatic rings. The average molecular weight is 297 g/mol. The van der Waals surface area contributed by atoms with Gasteiger partial charge < -0.3 is 14.6 Å². The van der Waals surface area contributed by atoms with Crippen molar-refractivity contribution in [1.82, 2.24) is 5.48 Å². The highest BCUT2D eigenvalue weighted by atomic mass is 16.7. The van der Waals surface area contributed by atoms with Crippen LogP contribution in [0, 0.1) is 0 Å². The molecule has 7 heteroatoms. The summed E-state index contributed by atoms with van der Waals surface area (Å²) in [6, 6.07) is 6.48. The number of ether oxygens (including phenoxy) is 2. The van der Waals surface area contributed by atoms with Crippen molar-refractivity contribution in [3.05, 3.63) is 29.8 Å². The van der Waals surface area contributed by atoms with Crippen LogP contribution in [-0.2, 0) is 14.4 Å². The summed E-state index contributed by atoms with van der Waals surface area (Å²) >= 11 is 0. The highest BCUT2D eigenvalue weighted by molar-refractivity contribution is 5.76. The molecule has 1 atom stereocenters. The Bertz CT molecular complexity index is 508. The van der Waals surface area contributed by atoms with Gasteiger partial charge in [0.2, 0.25) is 6.10 Å². The van der Waals surface area contributed by atoms with E-state index in [1.54, 1.807) is 39.0 Å². The summed E-state index contributed by atoms with van der Waals surface area (Å²) < 4.78 is 10.0. The number of aliphatic carboxylic acids is 1. The predicted molar refractivity (Wildman–Crippen MR) is 73.8 cm³/mol. The van der Waals surface area contributed by atoms with Gasteiger partial charge in [0, 0.05) is 5.56 Å². The van der Waals surface area contributed by atoms with Crippen LogP contribution in [0.25, 0.3) is 0 Å². The number of nitrogens with one attached hydrogen (secondary N) is 1. The third-order valence-corrected chi connectivity index (χ3v) is 2.30. The first-order chi connectivity index (χ1) is 9.74. The Morgan fingerprint density at radius 2 is 1.86 bits per heavy atom. The van der Waals surface area contributed by atoms with E-state index in [1.165, 1.54) is 13.2 Å². The lowest BCUT2D eigenvalue weighted by atomic mass is 10.1. The van der Waals surface area contributed by atoms with E-state index in [1.807, 2.05) is 5.48 Å². The van der Waals surface area contributed by atoms with Crippen molar-refractivity contribution in [3.63, 3.8) is 0 Å². The molecule has 116 valence electrons. The normalized spacial score (nSPS) is 12.4. The quantitative estimate of drug-likeness (QED) is 0.810. The molecule has 0 fully saturated rings. The summed E-state index contributed by atoms with van der Waals surface area (Å²) in [5.41, 5.74) is 1.54. The van der Waals surface area contributed by atoms with E-state index in [4.69, 9.17) is 14.3 Å². The Labute approximate surface area is 122 Å². The van der Waals surface area contributed by atoms with Crippen molar-refractivity contribution in [2.24, 2.45) is 0 Å². The first kappa shape index (κ1) is 16.8. The number of carbonyl (C=O) groups is 2. The van der Waals surface area contributed by atoms with Crippen molar-refractivity contribution in [3.8, 4) is 5.75 Å². The van der Waals surface area contributed by atoms with Gasteiger partial charge in [-0.2, -0.15) is 5.48 Å². The number of hydrogen-bond donors (Lipinski definition) is 2. The van der Waals surface area contributed by atoms with Crippen molar-refractivity contribution in [2.45, 2.75) is 32.5 Å². The molecule has 1 amide bonds. The van der Waals surface area contributed by atoms with Crippen LogP contribution in [0.4, 0.5) is 4.79 Å². The Kier molecular flexibility index (Phi) is 5.54. The molecule has 0 bridgehead atoms. The Morgan fingerprint density at radius 3 is 2.38 bits per heavy atom. The van der Waals surface area contributed by atoms with Crippen molar-refractivity contribution < 1.29 is 29.0 Å². The monoisotopic (exact) mass is 297 g/mol. The second kappa shape index (κ2) is 6.94. The fraction of sp³-hybridized carbons (Fsp3) is 0.429. The van der Waals surface area contributed by atoms with Crippen LogP contribution in [0.15, 0.2) is 24.3 Å². The molecule has 1 rings (SSSR count). The molecule has 0 spiro atoms. The minimum atomic E-state index is -1.41. The number of methoxy groups -OCH3 is 1. The van der Waals surface area contributed by atoms with Crippen LogP contribution in [0.2, 0.25) is 0 Å². The van der Waals surface area contributed by atoms with Crippen molar-refractivity contribution in [1.29, 1.82) is 0 Å². The van der Waals surface area contributed by atoms with Gasteiger partial charge in [0.05, 0.1) is 7.11 Å². The van der Waals surface area contributed by atoms with E-state index in [-0.39, 0.29) is 5.56 Å². The molecule has 1 aromatic rings. The standard InChI is InChI=1S/C14H19NO6/c1-14(2,3)20-13(18)15-21-11(12(16)17)9-7-5-6-8-10(9)19-4/h5-8,11H,1-4H3,(H,15,18)(H,16,17). The molecule has 0 saturated heterocycles. The summed E-state index contributed by atoms with van der Waals surface area (Å²) in [5, 5.41) is 9.22. The summed E-state index contributed by atoms with van der Waals surface area (Å²) in [5.74, 6) is -0.925. The number of amides is 1. The lowest BCUT2D eigenvalue weighted by molar-refractivity contribution is -0.155. The van der Waals surface area contributed by atoms with Gasteiger partial charge in [-0.25, -0.2) is 9.59 Å². The second-order valence-electron chi connectivity index (χ2n) is 5.18. The Hall–Kier alpha value is -2.28. The minimum Gasteiger partial charge on any atom is -0.496 e. The summed E-state index contributed by atoms with van der Waals surface area (Å²) in [6.07, 6.45) is -2.28. The maximum absolute atomic E-state index is 11.5. The zero-order valence-corrected chi connectivity index (χ0v) is 12.4. The highest BCUT2D eigenvalue weighted by Crippen LogP contribution is 2.27. The highest BCUT2D eigenvalue weighted by Gasteiger charge is 2.26. The molecule has 0 saturated carbocycles. The number of hydroxylamine groups is 1. The Morgan fingerprint density at radius 1 is 1.24 bits per heavy atom. The van der Waals surface area contributed by atoms with Crippen LogP contribution < -0.4 is 10.2 Å².